The third kappa shape index (κ3) is 2.23. The lowest BCUT2D eigenvalue weighted by atomic mass is 9.65. The van der Waals surface area contributed by atoms with Crippen molar-refractivity contribution in [2.24, 2.45) is 16.2 Å². The highest BCUT2D eigenvalue weighted by molar-refractivity contribution is 5.93. The normalized spacial score (nSPS) is 30.4. The van der Waals surface area contributed by atoms with E-state index in [9.17, 15) is 14.4 Å². The first-order chi connectivity index (χ1) is 13.2. The summed E-state index contributed by atoms with van der Waals surface area (Å²) in [5, 5.41) is 0.652. The quantitative estimate of drug-likeness (QED) is 0.593. The van der Waals surface area contributed by atoms with Crippen molar-refractivity contribution in [2.45, 2.75) is 46.1 Å². The molecule has 0 N–H and O–H groups in total. The number of methoxy groups -OCH3 is 1. The molecule has 1 heterocycles. The van der Waals surface area contributed by atoms with Crippen LogP contribution in [0.3, 0.4) is 0 Å². The number of carbonyl (C=O) groups excluding carboxylic acids is 2. The van der Waals surface area contributed by atoms with Crippen molar-refractivity contribution in [3.8, 4) is 0 Å². The second kappa shape index (κ2) is 5.93. The van der Waals surface area contributed by atoms with E-state index < -0.39 is 28.5 Å². The van der Waals surface area contributed by atoms with E-state index in [0.717, 1.165) is 6.42 Å². The Morgan fingerprint density at radius 3 is 2.57 bits per heavy atom. The number of para-hydroxylation sites is 1. The van der Waals surface area contributed by atoms with Gasteiger partial charge in [-0.3, -0.25) is 4.79 Å². The van der Waals surface area contributed by atoms with Crippen LogP contribution in [0.5, 0.6) is 0 Å². The molecule has 2 aliphatic carbocycles. The van der Waals surface area contributed by atoms with Gasteiger partial charge in [0, 0.05) is 17.2 Å². The minimum absolute atomic E-state index is 0.130. The van der Waals surface area contributed by atoms with E-state index in [4.69, 9.17) is 13.9 Å². The molecule has 0 aliphatic heterocycles. The summed E-state index contributed by atoms with van der Waals surface area (Å²) in [5.41, 5.74) is -1.90. The molecule has 0 spiro atoms. The van der Waals surface area contributed by atoms with Crippen LogP contribution in [-0.4, -0.2) is 25.2 Å². The zero-order valence-electron chi connectivity index (χ0n) is 16.5. The number of fused-ring (bicyclic) bond motifs is 3. The van der Waals surface area contributed by atoms with Crippen LogP contribution in [0.4, 0.5) is 0 Å². The van der Waals surface area contributed by atoms with Gasteiger partial charge in [-0.05, 0) is 30.4 Å². The average Bonchev–Trinajstić information content (AvgIpc) is 2.97. The molecule has 28 heavy (non-hydrogen) atoms. The van der Waals surface area contributed by atoms with Crippen molar-refractivity contribution in [1.29, 1.82) is 0 Å². The molecule has 1 aromatic heterocycles. The second-order valence-corrected chi connectivity index (χ2v) is 8.70. The maximum absolute atomic E-state index is 12.8. The molecule has 4 rings (SSSR count). The van der Waals surface area contributed by atoms with E-state index in [1.165, 1.54) is 13.2 Å². The standard InChI is InChI=1S/C22H24O6/c1-20(2)21(3)9-10-22(20,19(25)26-4)12-16(21)28-18(24)14-11-13-7-5-6-8-15(13)27-17(14)23/h5-8,11,16H,9-10,12H2,1-4H3/t16-,21+,22+/m1/s1. The van der Waals surface area contributed by atoms with Gasteiger partial charge in [-0.2, -0.15) is 0 Å². The van der Waals surface area contributed by atoms with Crippen LogP contribution in [0.25, 0.3) is 11.0 Å². The lowest BCUT2D eigenvalue weighted by Crippen LogP contribution is -2.41. The summed E-state index contributed by atoms with van der Waals surface area (Å²) in [4.78, 5) is 37.8. The Labute approximate surface area is 162 Å². The van der Waals surface area contributed by atoms with E-state index in [0.29, 0.717) is 23.8 Å². The van der Waals surface area contributed by atoms with Crippen LogP contribution < -0.4 is 5.63 Å². The minimum Gasteiger partial charge on any atom is -0.469 e. The number of hydrogen-bond donors (Lipinski definition) is 0. The molecular formula is C22H24O6. The van der Waals surface area contributed by atoms with Gasteiger partial charge in [-0.25, -0.2) is 9.59 Å². The zero-order valence-corrected chi connectivity index (χ0v) is 16.5. The Kier molecular flexibility index (Phi) is 3.97. The maximum Gasteiger partial charge on any atom is 0.351 e. The molecule has 0 amide bonds. The van der Waals surface area contributed by atoms with E-state index in [2.05, 4.69) is 0 Å². The van der Waals surface area contributed by atoms with Crippen LogP contribution in [0.15, 0.2) is 39.5 Å². The van der Waals surface area contributed by atoms with Crippen LogP contribution in [0.1, 0.15) is 50.4 Å². The number of benzene rings is 1. The molecule has 0 saturated heterocycles. The number of hydrogen-bond acceptors (Lipinski definition) is 6. The van der Waals surface area contributed by atoms with Crippen molar-refractivity contribution in [2.75, 3.05) is 7.11 Å². The molecule has 0 radical (unpaired) electrons. The average molecular weight is 384 g/mol. The molecule has 6 nitrogen and oxygen atoms in total. The number of esters is 2. The summed E-state index contributed by atoms with van der Waals surface area (Å²) in [6.07, 6.45) is 1.37. The van der Waals surface area contributed by atoms with Crippen LogP contribution in [0.2, 0.25) is 0 Å². The van der Waals surface area contributed by atoms with Crippen molar-refractivity contribution >= 4 is 22.9 Å². The second-order valence-electron chi connectivity index (χ2n) is 8.70. The Morgan fingerprint density at radius 2 is 1.86 bits per heavy atom. The molecule has 148 valence electrons. The Balaban J connectivity index is 1.67. The number of rotatable bonds is 3. The highest BCUT2D eigenvalue weighted by Gasteiger charge is 2.74. The van der Waals surface area contributed by atoms with Crippen molar-refractivity contribution < 1.29 is 23.5 Å². The smallest absolute Gasteiger partial charge is 0.351 e. The van der Waals surface area contributed by atoms with E-state index in [1.807, 2.05) is 20.8 Å². The zero-order chi connectivity index (χ0) is 20.3. The summed E-state index contributed by atoms with van der Waals surface area (Å²) in [6.45, 7) is 6.12. The largest absolute Gasteiger partial charge is 0.469 e. The van der Waals surface area contributed by atoms with Crippen LogP contribution in [-0.2, 0) is 14.3 Å². The highest BCUT2D eigenvalue weighted by atomic mass is 16.5. The van der Waals surface area contributed by atoms with E-state index in [1.54, 1.807) is 24.3 Å². The molecule has 2 fully saturated rings. The third-order valence-corrected chi connectivity index (χ3v) is 7.63. The highest BCUT2D eigenvalue weighted by Crippen LogP contribution is 2.73. The van der Waals surface area contributed by atoms with Crippen LogP contribution >= 0.6 is 0 Å². The first-order valence-corrected chi connectivity index (χ1v) is 9.49. The number of ether oxygens (including phenoxy) is 2. The van der Waals surface area contributed by atoms with Gasteiger partial charge in [0.1, 0.15) is 17.3 Å². The lowest BCUT2D eigenvalue weighted by Gasteiger charge is -2.39. The molecule has 6 heteroatoms. The van der Waals surface area contributed by atoms with Crippen LogP contribution in [0, 0.1) is 16.2 Å². The summed E-state index contributed by atoms with van der Waals surface area (Å²) in [6, 6.07) is 8.50. The fourth-order valence-electron chi connectivity index (χ4n) is 5.31. The number of carbonyl (C=O) groups is 2. The van der Waals surface area contributed by atoms with Crippen molar-refractivity contribution in [3.63, 3.8) is 0 Å². The molecule has 2 saturated carbocycles. The summed E-state index contributed by atoms with van der Waals surface area (Å²) in [7, 11) is 1.39. The fourth-order valence-corrected chi connectivity index (χ4v) is 5.31. The minimum atomic E-state index is -0.723. The lowest BCUT2D eigenvalue weighted by molar-refractivity contribution is -0.158. The van der Waals surface area contributed by atoms with Gasteiger partial charge in [-0.1, -0.05) is 39.0 Å². The van der Waals surface area contributed by atoms with Gasteiger partial charge in [-0.15, -0.1) is 0 Å². The van der Waals surface area contributed by atoms with Crippen molar-refractivity contribution in [3.05, 3.63) is 46.3 Å². The molecule has 2 aromatic rings. The van der Waals surface area contributed by atoms with Gasteiger partial charge in [0.05, 0.1) is 12.5 Å². The Hall–Kier alpha value is -2.63. The Bertz CT molecular complexity index is 1030. The third-order valence-electron chi connectivity index (χ3n) is 7.63. The molecule has 2 bridgehead atoms. The predicted octanol–water partition coefficient (Wildman–Crippen LogP) is 3.71. The van der Waals surface area contributed by atoms with Gasteiger partial charge < -0.3 is 13.9 Å². The SMILES string of the molecule is COC(=O)[C@]12CC[C@@](C)([C@H](OC(=O)c3cc4ccccc4oc3=O)C1)C2(C)C. The molecule has 1 aromatic carbocycles. The van der Waals surface area contributed by atoms with Gasteiger partial charge in [0.2, 0.25) is 0 Å². The first kappa shape index (κ1) is 18.7. The predicted molar refractivity (Wildman–Crippen MR) is 102 cm³/mol. The van der Waals surface area contributed by atoms with Gasteiger partial charge in [0.15, 0.2) is 0 Å². The Morgan fingerprint density at radius 1 is 1.14 bits per heavy atom. The molecule has 2 aliphatic rings. The maximum atomic E-state index is 12.8. The molecular weight excluding hydrogens is 360 g/mol. The molecule has 3 atom stereocenters. The van der Waals surface area contributed by atoms with E-state index in [-0.39, 0.29) is 16.9 Å². The van der Waals surface area contributed by atoms with E-state index >= 15 is 0 Å². The summed E-state index contributed by atoms with van der Waals surface area (Å²) >= 11 is 0. The summed E-state index contributed by atoms with van der Waals surface area (Å²) < 4.78 is 16.2. The first-order valence-electron chi connectivity index (χ1n) is 9.49. The topological polar surface area (TPSA) is 82.8 Å². The monoisotopic (exact) mass is 384 g/mol. The fraction of sp³-hybridized carbons (Fsp3) is 0.500. The van der Waals surface area contributed by atoms with Gasteiger partial charge >= 0.3 is 17.6 Å². The van der Waals surface area contributed by atoms with Crippen molar-refractivity contribution in [1.82, 2.24) is 0 Å². The molecule has 0 unspecified atom stereocenters. The summed E-state index contributed by atoms with van der Waals surface area (Å²) in [5.74, 6) is -0.973. The van der Waals surface area contributed by atoms with Gasteiger partial charge in [0.25, 0.3) is 0 Å².